The summed E-state index contributed by atoms with van der Waals surface area (Å²) in [7, 11) is -2.17. The average Bonchev–Trinajstić information content (AvgIpc) is 3.74. The fourth-order valence-electron chi connectivity index (χ4n) is 4.17. The number of anilines is 1. The number of aromatic nitrogens is 1. The van der Waals surface area contributed by atoms with E-state index >= 15 is 0 Å². The molecule has 10 nitrogen and oxygen atoms in total. The van der Waals surface area contributed by atoms with Gasteiger partial charge in [0.05, 0.1) is 35.1 Å². The lowest BCUT2D eigenvalue weighted by Gasteiger charge is -2.27. The van der Waals surface area contributed by atoms with Gasteiger partial charge in [0.15, 0.2) is 32.6 Å². The van der Waals surface area contributed by atoms with Crippen LogP contribution in [0.3, 0.4) is 0 Å². The Morgan fingerprint density at radius 3 is 2.48 bits per heavy atom. The van der Waals surface area contributed by atoms with E-state index in [2.05, 4.69) is 15.0 Å². The first-order valence-electron chi connectivity index (χ1n) is 12.6. The summed E-state index contributed by atoms with van der Waals surface area (Å²) >= 11 is 0.976. The Morgan fingerprint density at radius 2 is 1.82 bits per heavy atom. The highest BCUT2D eigenvalue weighted by molar-refractivity contribution is 7.92. The summed E-state index contributed by atoms with van der Waals surface area (Å²) in [6.45, 7) is 1.03. The van der Waals surface area contributed by atoms with Gasteiger partial charge in [0.1, 0.15) is 0 Å². The fraction of sp³-hybridized carbons (Fsp3) is 0.370. The van der Waals surface area contributed by atoms with Crippen molar-refractivity contribution in [2.24, 2.45) is 0 Å². The molecule has 1 aliphatic heterocycles. The van der Waals surface area contributed by atoms with Gasteiger partial charge in [-0.15, -0.1) is 0 Å². The van der Waals surface area contributed by atoms with Crippen LogP contribution >= 0.6 is 11.3 Å². The molecule has 13 heteroatoms. The number of amides is 1. The lowest BCUT2D eigenvalue weighted by molar-refractivity contribution is -0.136. The highest BCUT2D eigenvalue weighted by Crippen LogP contribution is 2.35. The van der Waals surface area contributed by atoms with Crippen LogP contribution in [0.25, 0.3) is 0 Å². The maximum Gasteiger partial charge on any atom is 0.337 e. The van der Waals surface area contributed by atoms with Crippen LogP contribution in [0.1, 0.15) is 47.7 Å². The number of carbonyl (C=O) groups is 2. The predicted octanol–water partition coefficient (Wildman–Crippen LogP) is 4.67. The van der Waals surface area contributed by atoms with Gasteiger partial charge >= 0.3 is 5.97 Å². The molecule has 40 heavy (non-hydrogen) atoms. The number of esters is 1. The topological polar surface area (TPSA) is 130 Å². The minimum Gasteiger partial charge on any atom is -0.465 e. The van der Waals surface area contributed by atoms with Crippen molar-refractivity contribution in [2.75, 3.05) is 25.6 Å². The van der Waals surface area contributed by atoms with Crippen LogP contribution in [-0.4, -0.2) is 57.0 Å². The SMILES string of the molecule is COC(=O)c1ccc(Oc2cnc(NC(=O)C(OC3CCOCC3)c3ccc(S(=O)(=O)C4CC4)cc3)s2)c(F)c1. The molecule has 1 unspecified atom stereocenters. The summed E-state index contributed by atoms with van der Waals surface area (Å²) in [4.78, 5) is 29.3. The summed E-state index contributed by atoms with van der Waals surface area (Å²) in [6.07, 6.45) is 2.64. The maximum absolute atomic E-state index is 14.4. The van der Waals surface area contributed by atoms with Crippen molar-refractivity contribution in [1.82, 2.24) is 4.98 Å². The number of thiazole rings is 1. The molecule has 5 rings (SSSR count). The maximum atomic E-state index is 14.4. The molecule has 0 spiro atoms. The number of methoxy groups -OCH3 is 1. The second-order valence-corrected chi connectivity index (χ2v) is 12.6. The Labute approximate surface area is 234 Å². The lowest BCUT2D eigenvalue weighted by atomic mass is 10.1. The first kappa shape index (κ1) is 28.1. The van der Waals surface area contributed by atoms with E-state index in [1.807, 2.05) is 0 Å². The standard InChI is InChI=1S/C27H27FN2O8S2/c1-35-26(32)17-4-9-22(21(28)14-17)38-23-15-29-27(39-23)30-25(31)24(37-18-10-12-36-13-11-18)16-2-5-19(6-3-16)40(33,34)20-7-8-20/h2-6,9,14-15,18,20,24H,7-8,10-13H2,1H3,(H,29,30,31). The van der Waals surface area contributed by atoms with Gasteiger partial charge in [-0.2, -0.15) is 0 Å². The van der Waals surface area contributed by atoms with Crippen LogP contribution in [0.15, 0.2) is 53.6 Å². The van der Waals surface area contributed by atoms with E-state index in [0.717, 1.165) is 17.4 Å². The molecule has 2 fully saturated rings. The summed E-state index contributed by atoms with van der Waals surface area (Å²) in [6, 6.07) is 9.87. The number of nitrogens with zero attached hydrogens (tertiary/aromatic N) is 1. The van der Waals surface area contributed by atoms with Gasteiger partial charge in [-0.1, -0.05) is 23.5 Å². The minimum absolute atomic E-state index is 0.0401. The van der Waals surface area contributed by atoms with E-state index in [1.165, 1.54) is 37.6 Å². The smallest absolute Gasteiger partial charge is 0.337 e. The summed E-state index contributed by atoms with van der Waals surface area (Å²) in [5.74, 6) is -2.07. The molecule has 3 aromatic rings. The van der Waals surface area contributed by atoms with Gasteiger partial charge in [-0.3, -0.25) is 10.1 Å². The Kier molecular flexibility index (Phi) is 8.45. The third kappa shape index (κ3) is 6.49. The molecule has 0 bridgehead atoms. The zero-order valence-electron chi connectivity index (χ0n) is 21.5. The number of nitrogens with one attached hydrogen (secondary N) is 1. The third-order valence-corrected chi connectivity index (χ3v) is 9.56. The average molecular weight is 591 g/mol. The van der Waals surface area contributed by atoms with Gasteiger partial charge in [0.2, 0.25) is 5.06 Å². The number of hydrogen-bond donors (Lipinski definition) is 1. The van der Waals surface area contributed by atoms with E-state index in [1.54, 1.807) is 12.1 Å². The van der Waals surface area contributed by atoms with Crippen LogP contribution in [0, 0.1) is 5.82 Å². The normalized spacial score (nSPS) is 16.8. The van der Waals surface area contributed by atoms with Crippen molar-refractivity contribution in [3.05, 3.63) is 65.6 Å². The number of ether oxygens (including phenoxy) is 4. The molecule has 2 aromatic carbocycles. The van der Waals surface area contributed by atoms with Gasteiger partial charge in [0.25, 0.3) is 5.91 Å². The molecule has 1 amide bonds. The molecule has 2 heterocycles. The second-order valence-electron chi connectivity index (χ2n) is 9.35. The van der Waals surface area contributed by atoms with Crippen molar-refractivity contribution in [1.29, 1.82) is 0 Å². The number of sulfone groups is 1. The van der Waals surface area contributed by atoms with Crippen molar-refractivity contribution >= 4 is 38.2 Å². The molecule has 2 aliphatic rings. The number of hydrogen-bond acceptors (Lipinski definition) is 10. The number of rotatable bonds is 10. The quantitative estimate of drug-likeness (QED) is 0.335. The summed E-state index contributed by atoms with van der Waals surface area (Å²) in [5, 5.41) is 2.78. The number of carbonyl (C=O) groups excluding carboxylic acids is 2. The largest absolute Gasteiger partial charge is 0.465 e. The Hall–Kier alpha value is -3.39. The van der Waals surface area contributed by atoms with Crippen LogP contribution in [-0.2, 0) is 28.8 Å². The lowest BCUT2D eigenvalue weighted by Crippen LogP contribution is -2.31. The van der Waals surface area contributed by atoms with Crippen molar-refractivity contribution in [3.63, 3.8) is 0 Å². The van der Waals surface area contributed by atoms with Gasteiger partial charge < -0.3 is 18.9 Å². The fourth-order valence-corrected chi connectivity index (χ4v) is 6.51. The van der Waals surface area contributed by atoms with Crippen LogP contribution in [0.4, 0.5) is 9.52 Å². The predicted molar refractivity (Wildman–Crippen MR) is 143 cm³/mol. The first-order valence-corrected chi connectivity index (χ1v) is 15.0. The third-order valence-electron chi connectivity index (χ3n) is 6.49. The van der Waals surface area contributed by atoms with Crippen molar-refractivity contribution < 1.29 is 41.3 Å². The van der Waals surface area contributed by atoms with E-state index in [9.17, 15) is 22.4 Å². The van der Waals surface area contributed by atoms with Gasteiger partial charge in [-0.25, -0.2) is 22.6 Å². The Balaban J connectivity index is 1.30. The first-order chi connectivity index (χ1) is 19.2. The monoisotopic (exact) mass is 590 g/mol. The van der Waals surface area contributed by atoms with E-state index in [0.29, 0.717) is 44.5 Å². The molecule has 1 N–H and O–H groups in total. The number of halogens is 1. The van der Waals surface area contributed by atoms with Crippen LogP contribution in [0.2, 0.25) is 0 Å². The molecular formula is C27H27FN2O8S2. The molecule has 212 valence electrons. The Bertz CT molecular complexity index is 1480. The molecule has 1 saturated carbocycles. The molecule has 0 radical (unpaired) electrons. The minimum atomic E-state index is -3.37. The zero-order chi connectivity index (χ0) is 28.3. The van der Waals surface area contributed by atoms with Crippen molar-refractivity contribution in [3.8, 4) is 10.8 Å². The zero-order valence-corrected chi connectivity index (χ0v) is 23.1. The molecule has 1 aliphatic carbocycles. The molecule has 1 saturated heterocycles. The van der Waals surface area contributed by atoms with E-state index in [-0.39, 0.29) is 37.8 Å². The number of benzene rings is 2. The molecule has 1 atom stereocenters. The van der Waals surface area contributed by atoms with Crippen LogP contribution in [0.5, 0.6) is 10.8 Å². The van der Waals surface area contributed by atoms with E-state index in [4.69, 9.17) is 14.2 Å². The summed E-state index contributed by atoms with van der Waals surface area (Å²) < 4.78 is 61.3. The van der Waals surface area contributed by atoms with Crippen molar-refractivity contribution in [2.45, 2.75) is 48.0 Å². The Morgan fingerprint density at radius 1 is 1.10 bits per heavy atom. The van der Waals surface area contributed by atoms with Crippen LogP contribution < -0.4 is 10.1 Å². The van der Waals surface area contributed by atoms with Gasteiger partial charge in [0, 0.05) is 13.2 Å². The summed E-state index contributed by atoms with van der Waals surface area (Å²) in [5.41, 5.74) is 0.540. The second kappa shape index (κ2) is 12.0. The highest BCUT2D eigenvalue weighted by Gasteiger charge is 2.37. The highest BCUT2D eigenvalue weighted by atomic mass is 32.2. The molecule has 1 aromatic heterocycles. The van der Waals surface area contributed by atoms with Gasteiger partial charge in [-0.05, 0) is 61.6 Å². The van der Waals surface area contributed by atoms with E-state index < -0.39 is 33.6 Å². The molecular weight excluding hydrogens is 563 g/mol.